The summed E-state index contributed by atoms with van der Waals surface area (Å²) in [5, 5.41) is 13.9. The van der Waals surface area contributed by atoms with E-state index < -0.39 is 40.0 Å². The molecule has 160 valence electrons. The van der Waals surface area contributed by atoms with Crippen LogP contribution in [0.15, 0.2) is 52.3 Å². The van der Waals surface area contributed by atoms with Crippen molar-refractivity contribution in [1.82, 2.24) is 4.72 Å². The molecule has 0 saturated carbocycles. The predicted octanol–water partition coefficient (Wildman–Crippen LogP) is 2.43. The zero-order chi connectivity index (χ0) is 22.3. The standard InChI is InChI=1S/C17H16ClN3O7S2/c1-29-15-6-5-13(8-14(15)21(24)25)30(26,27)19-9-17(23)28-10-16(22)20-12-4-2-3-11(18)7-12/h2-8,19H,9-10H2,1H3,(H,20,22). The largest absolute Gasteiger partial charge is 0.455 e. The van der Waals surface area contributed by atoms with Crippen LogP contribution < -0.4 is 10.0 Å². The predicted molar refractivity (Wildman–Crippen MR) is 111 cm³/mol. The highest BCUT2D eigenvalue weighted by Gasteiger charge is 2.22. The van der Waals surface area contributed by atoms with E-state index in [0.717, 1.165) is 17.8 Å². The summed E-state index contributed by atoms with van der Waals surface area (Å²) in [5.41, 5.74) is 0.0326. The first kappa shape index (κ1) is 23.6. The molecule has 0 radical (unpaired) electrons. The molecule has 10 nitrogen and oxygen atoms in total. The summed E-state index contributed by atoms with van der Waals surface area (Å²) in [4.78, 5) is 33.8. The number of halogens is 1. The summed E-state index contributed by atoms with van der Waals surface area (Å²) < 4.78 is 31.3. The number of thioether (sulfide) groups is 1. The van der Waals surface area contributed by atoms with Crippen LogP contribution in [0.1, 0.15) is 0 Å². The molecule has 2 aromatic rings. The van der Waals surface area contributed by atoms with Gasteiger partial charge in [-0.3, -0.25) is 19.7 Å². The monoisotopic (exact) mass is 473 g/mol. The van der Waals surface area contributed by atoms with E-state index in [-0.39, 0.29) is 10.6 Å². The molecular formula is C17H16ClN3O7S2. The third-order valence-electron chi connectivity index (χ3n) is 3.54. The van der Waals surface area contributed by atoms with Gasteiger partial charge in [0.15, 0.2) is 6.61 Å². The number of nitro groups is 1. The van der Waals surface area contributed by atoms with Gasteiger partial charge in [0, 0.05) is 16.8 Å². The maximum Gasteiger partial charge on any atom is 0.321 e. The molecule has 13 heteroatoms. The number of nitrogens with one attached hydrogen (secondary N) is 2. The van der Waals surface area contributed by atoms with Gasteiger partial charge in [0.25, 0.3) is 11.6 Å². The van der Waals surface area contributed by atoms with Gasteiger partial charge in [-0.05, 0) is 36.6 Å². The number of ether oxygens (including phenoxy) is 1. The molecule has 0 aliphatic rings. The summed E-state index contributed by atoms with van der Waals surface area (Å²) in [7, 11) is -4.21. The van der Waals surface area contributed by atoms with Crippen molar-refractivity contribution in [2.75, 3.05) is 24.7 Å². The van der Waals surface area contributed by atoms with Gasteiger partial charge < -0.3 is 10.1 Å². The minimum atomic E-state index is -4.21. The molecule has 1 amide bonds. The summed E-state index contributed by atoms with van der Waals surface area (Å²) in [5.74, 6) is -1.65. The number of nitro benzene ring substituents is 1. The average molecular weight is 474 g/mol. The molecule has 0 spiro atoms. The number of anilines is 1. The van der Waals surface area contributed by atoms with Gasteiger partial charge in [-0.25, -0.2) is 8.42 Å². The number of sulfonamides is 1. The van der Waals surface area contributed by atoms with E-state index in [2.05, 4.69) is 5.32 Å². The fourth-order valence-electron chi connectivity index (χ4n) is 2.18. The normalized spacial score (nSPS) is 11.0. The number of esters is 1. The Kier molecular flexibility index (Phi) is 8.17. The Morgan fingerprint density at radius 2 is 1.97 bits per heavy atom. The minimum Gasteiger partial charge on any atom is -0.455 e. The van der Waals surface area contributed by atoms with Gasteiger partial charge in [-0.1, -0.05) is 17.7 Å². The fourth-order valence-corrected chi connectivity index (χ4v) is 3.90. The zero-order valence-electron chi connectivity index (χ0n) is 15.5. The van der Waals surface area contributed by atoms with E-state index in [1.165, 1.54) is 18.2 Å². The van der Waals surface area contributed by atoms with Crippen molar-refractivity contribution in [3.63, 3.8) is 0 Å². The van der Waals surface area contributed by atoms with Crippen molar-refractivity contribution >= 4 is 56.6 Å². The van der Waals surface area contributed by atoms with Crippen molar-refractivity contribution in [2.24, 2.45) is 0 Å². The molecule has 0 atom stereocenters. The first-order valence-corrected chi connectivity index (χ1v) is 11.2. The molecule has 2 N–H and O–H groups in total. The van der Waals surface area contributed by atoms with Crippen LogP contribution in [0.2, 0.25) is 5.02 Å². The average Bonchev–Trinajstić information content (AvgIpc) is 2.70. The molecule has 0 fully saturated rings. The van der Waals surface area contributed by atoms with Crippen LogP contribution in [0.5, 0.6) is 0 Å². The van der Waals surface area contributed by atoms with Gasteiger partial charge in [0.05, 0.1) is 14.7 Å². The molecule has 0 bridgehead atoms. The van der Waals surface area contributed by atoms with Crippen LogP contribution in [0.25, 0.3) is 0 Å². The summed E-state index contributed by atoms with van der Waals surface area (Å²) in [6.45, 7) is -1.40. The molecule has 2 aromatic carbocycles. The number of amides is 1. The first-order valence-electron chi connectivity index (χ1n) is 8.15. The Hall–Kier alpha value is -2.67. The van der Waals surface area contributed by atoms with Crippen LogP contribution in [-0.4, -0.2) is 44.6 Å². The Labute approximate surface area is 181 Å². The molecule has 0 aliphatic carbocycles. The number of carbonyl (C=O) groups excluding carboxylic acids is 2. The second-order valence-corrected chi connectivity index (χ2v) is 8.69. The number of carbonyl (C=O) groups is 2. The van der Waals surface area contributed by atoms with E-state index in [1.54, 1.807) is 24.5 Å². The first-order chi connectivity index (χ1) is 14.1. The number of nitrogens with zero attached hydrogens (tertiary/aromatic N) is 1. The number of hydrogen-bond donors (Lipinski definition) is 2. The maximum atomic E-state index is 12.3. The van der Waals surface area contributed by atoms with Gasteiger partial charge in [0.2, 0.25) is 10.0 Å². The van der Waals surface area contributed by atoms with Gasteiger partial charge in [-0.15, -0.1) is 11.8 Å². The van der Waals surface area contributed by atoms with Gasteiger partial charge >= 0.3 is 5.97 Å². The van der Waals surface area contributed by atoms with Crippen molar-refractivity contribution in [3.05, 3.63) is 57.6 Å². The Morgan fingerprint density at radius 1 is 1.23 bits per heavy atom. The van der Waals surface area contributed by atoms with Crippen LogP contribution in [0.3, 0.4) is 0 Å². The minimum absolute atomic E-state index is 0.295. The Bertz CT molecular complexity index is 1080. The molecule has 0 saturated heterocycles. The van der Waals surface area contributed by atoms with Crippen molar-refractivity contribution in [2.45, 2.75) is 9.79 Å². The number of benzene rings is 2. The molecule has 30 heavy (non-hydrogen) atoms. The highest BCUT2D eigenvalue weighted by Crippen LogP contribution is 2.29. The Balaban J connectivity index is 1.91. The lowest BCUT2D eigenvalue weighted by Crippen LogP contribution is -2.32. The zero-order valence-corrected chi connectivity index (χ0v) is 17.8. The number of hydrogen-bond acceptors (Lipinski definition) is 8. The molecule has 0 aromatic heterocycles. The lowest BCUT2D eigenvalue weighted by Gasteiger charge is -2.09. The fraction of sp³-hybridized carbons (Fsp3) is 0.176. The van der Waals surface area contributed by atoms with E-state index in [1.807, 2.05) is 4.72 Å². The second-order valence-electron chi connectivity index (χ2n) is 5.63. The van der Waals surface area contributed by atoms with Crippen molar-refractivity contribution < 1.29 is 27.7 Å². The van der Waals surface area contributed by atoms with E-state index in [9.17, 15) is 28.1 Å². The molecule has 2 rings (SSSR count). The molecule has 0 heterocycles. The SMILES string of the molecule is CSc1ccc(S(=O)(=O)NCC(=O)OCC(=O)Nc2cccc(Cl)c2)cc1[N+](=O)[O-]. The van der Waals surface area contributed by atoms with Crippen LogP contribution in [-0.2, 0) is 24.3 Å². The van der Waals surface area contributed by atoms with E-state index in [4.69, 9.17) is 16.3 Å². The van der Waals surface area contributed by atoms with Crippen molar-refractivity contribution in [1.29, 1.82) is 0 Å². The lowest BCUT2D eigenvalue weighted by atomic mass is 10.3. The summed E-state index contributed by atoms with van der Waals surface area (Å²) in [6.07, 6.45) is 1.62. The smallest absolute Gasteiger partial charge is 0.321 e. The topological polar surface area (TPSA) is 145 Å². The highest BCUT2D eigenvalue weighted by molar-refractivity contribution is 7.98. The third-order valence-corrected chi connectivity index (χ3v) is 5.96. The van der Waals surface area contributed by atoms with Crippen molar-refractivity contribution in [3.8, 4) is 0 Å². The van der Waals surface area contributed by atoms with Crippen LogP contribution in [0, 0.1) is 10.1 Å². The number of rotatable bonds is 9. The van der Waals surface area contributed by atoms with Crippen LogP contribution in [0.4, 0.5) is 11.4 Å². The van der Waals surface area contributed by atoms with Gasteiger partial charge in [0.1, 0.15) is 6.54 Å². The highest BCUT2D eigenvalue weighted by atomic mass is 35.5. The quantitative estimate of drug-likeness (QED) is 0.244. The Morgan fingerprint density at radius 3 is 2.60 bits per heavy atom. The second kappa shape index (κ2) is 10.4. The van der Waals surface area contributed by atoms with E-state index >= 15 is 0 Å². The third kappa shape index (κ3) is 6.69. The summed E-state index contributed by atoms with van der Waals surface area (Å²) >= 11 is 6.89. The lowest BCUT2D eigenvalue weighted by molar-refractivity contribution is -0.387. The molecular weight excluding hydrogens is 458 g/mol. The van der Waals surface area contributed by atoms with Crippen LogP contribution >= 0.6 is 23.4 Å². The van der Waals surface area contributed by atoms with E-state index in [0.29, 0.717) is 15.6 Å². The molecule has 0 aliphatic heterocycles. The maximum absolute atomic E-state index is 12.3. The molecule has 0 unspecified atom stereocenters. The van der Waals surface area contributed by atoms with Gasteiger partial charge in [-0.2, -0.15) is 4.72 Å². The summed E-state index contributed by atoms with van der Waals surface area (Å²) in [6, 6.07) is 9.71.